The van der Waals surface area contributed by atoms with E-state index in [1.807, 2.05) is 39.8 Å². The minimum atomic E-state index is -4.12. The molecule has 0 amide bonds. The summed E-state index contributed by atoms with van der Waals surface area (Å²) in [4.78, 5) is 2.86. The van der Waals surface area contributed by atoms with E-state index in [4.69, 9.17) is 18.9 Å². The van der Waals surface area contributed by atoms with E-state index in [0.717, 1.165) is 30.8 Å². The Balaban J connectivity index is 1.40. The molecule has 6 rings (SSSR count). The number of benzene rings is 2. The van der Waals surface area contributed by atoms with Crippen LogP contribution in [-0.2, 0) is 26.8 Å². The first-order valence-corrected chi connectivity index (χ1v) is 16.7. The molecular formula is C23H23N2O10S4+. The number of hydrogen-bond donors (Lipinski definition) is 2. The standard InChI is InChI=1S/C23H22N2O10S4/c26-38(27,28)5-1-3-24-14-7-16-18(34-12-32-16)9-20(14)36-22(24)11-23-25(4-2-6-39(29,30)31)15-8-17-19(35-13-33-17)10-21(15)37-23/h7-11H,1-6,12-13H2,(H-,26,27,28,29,30,31)/p+1. The molecule has 0 bridgehead atoms. The average Bonchev–Trinajstić information content (AvgIpc) is 3.61. The minimum absolute atomic E-state index is 0.122. The Morgan fingerprint density at radius 3 is 2.18 bits per heavy atom. The van der Waals surface area contributed by atoms with Gasteiger partial charge in [0.15, 0.2) is 29.5 Å². The van der Waals surface area contributed by atoms with Crippen molar-refractivity contribution in [1.82, 2.24) is 0 Å². The van der Waals surface area contributed by atoms with E-state index < -0.39 is 20.2 Å². The lowest BCUT2D eigenvalue weighted by Crippen LogP contribution is -2.36. The quantitative estimate of drug-likeness (QED) is 0.269. The molecule has 208 valence electrons. The Hall–Kier alpha value is -2.76. The highest BCUT2D eigenvalue weighted by Crippen LogP contribution is 2.52. The second kappa shape index (κ2) is 10.0. The first-order chi connectivity index (χ1) is 18.5. The zero-order valence-electron chi connectivity index (χ0n) is 20.2. The van der Waals surface area contributed by atoms with Crippen LogP contribution in [-0.4, -0.2) is 57.6 Å². The van der Waals surface area contributed by atoms with Gasteiger partial charge in [0.05, 0.1) is 34.4 Å². The summed E-state index contributed by atoms with van der Waals surface area (Å²) in [6, 6.07) is 7.46. The fourth-order valence-electron chi connectivity index (χ4n) is 4.58. The Bertz CT molecular complexity index is 1720. The zero-order chi connectivity index (χ0) is 27.4. The molecule has 3 aliphatic heterocycles. The highest BCUT2D eigenvalue weighted by atomic mass is 32.2. The Morgan fingerprint density at radius 1 is 0.872 bits per heavy atom. The molecule has 4 heterocycles. The molecule has 0 aliphatic carbocycles. The minimum Gasteiger partial charge on any atom is -0.454 e. The van der Waals surface area contributed by atoms with Crippen molar-refractivity contribution in [3.05, 3.63) is 34.3 Å². The summed E-state index contributed by atoms with van der Waals surface area (Å²) in [5.74, 6) is 1.66. The van der Waals surface area contributed by atoms with E-state index >= 15 is 0 Å². The number of thioether (sulfide) groups is 1. The molecule has 1 aromatic heterocycles. The van der Waals surface area contributed by atoms with Crippen LogP contribution in [0.4, 0.5) is 5.69 Å². The number of ether oxygens (including phenoxy) is 4. The second-order valence-corrected chi connectivity index (χ2v) is 14.2. The molecule has 2 N–H and O–H groups in total. The van der Waals surface area contributed by atoms with Crippen LogP contribution in [0.1, 0.15) is 17.8 Å². The van der Waals surface area contributed by atoms with Crippen LogP contribution in [0.15, 0.2) is 34.2 Å². The first kappa shape index (κ1) is 26.5. The highest BCUT2D eigenvalue weighted by molar-refractivity contribution is 8.04. The van der Waals surface area contributed by atoms with Crippen LogP contribution in [0.3, 0.4) is 0 Å². The van der Waals surface area contributed by atoms with Gasteiger partial charge in [-0.15, -0.1) is 0 Å². The molecule has 0 fully saturated rings. The number of aromatic nitrogens is 1. The fraction of sp³-hybridized carbons (Fsp3) is 0.348. The third-order valence-corrected chi connectivity index (χ3v) is 10.1. The Labute approximate surface area is 232 Å². The van der Waals surface area contributed by atoms with Gasteiger partial charge in [-0.1, -0.05) is 23.1 Å². The lowest BCUT2D eigenvalue weighted by atomic mass is 10.2. The Morgan fingerprint density at radius 2 is 1.49 bits per heavy atom. The summed E-state index contributed by atoms with van der Waals surface area (Å²) in [5.41, 5.74) is 1.65. The fourth-order valence-corrected chi connectivity index (χ4v) is 7.91. The van der Waals surface area contributed by atoms with Crippen molar-refractivity contribution in [3.63, 3.8) is 0 Å². The lowest BCUT2D eigenvalue weighted by molar-refractivity contribution is -0.668. The van der Waals surface area contributed by atoms with Crippen molar-refractivity contribution in [1.29, 1.82) is 0 Å². The van der Waals surface area contributed by atoms with Crippen LogP contribution in [0, 0.1) is 0 Å². The number of fused-ring (bicyclic) bond motifs is 4. The summed E-state index contributed by atoms with van der Waals surface area (Å²) in [7, 11) is -8.25. The number of thiazole rings is 1. The number of rotatable bonds is 9. The highest BCUT2D eigenvalue weighted by Gasteiger charge is 2.32. The SMILES string of the molecule is O=S(=O)(O)CCCN1C(=Cc2sc3cc4c(cc3[n+]2CCCS(=O)(=O)O)OCO4)Sc2cc3c(cc21)OCO3. The first-order valence-electron chi connectivity index (χ1n) is 11.8. The van der Waals surface area contributed by atoms with Gasteiger partial charge in [-0.2, -0.15) is 21.4 Å². The van der Waals surface area contributed by atoms with Crippen LogP contribution >= 0.6 is 23.1 Å². The van der Waals surface area contributed by atoms with E-state index in [9.17, 15) is 25.9 Å². The van der Waals surface area contributed by atoms with E-state index in [1.165, 1.54) is 23.1 Å². The largest absolute Gasteiger partial charge is 0.454 e. The van der Waals surface area contributed by atoms with E-state index in [2.05, 4.69) is 0 Å². The van der Waals surface area contributed by atoms with Gasteiger partial charge >= 0.3 is 0 Å². The summed E-state index contributed by atoms with van der Waals surface area (Å²) in [6.07, 6.45) is 2.33. The predicted octanol–water partition coefficient (Wildman–Crippen LogP) is 3.11. The maximum absolute atomic E-state index is 11.4. The summed E-state index contributed by atoms with van der Waals surface area (Å²) < 4.78 is 89.0. The topological polar surface area (TPSA) is 153 Å². The molecule has 39 heavy (non-hydrogen) atoms. The van der Waals surface area contributed by atoms with Crippen LogP contribution in [0.5, 0.6) is 23.0 Å². The van der Waals surface area contributed by atoms with Crippen molar-refractivity contribution in [3.8, 4) is 23.0 Å². The van der Waals surface area contributed by atoms with Gasteiger partial charge < -0.3 is 23.8 Å². The average molecular weight is 616 g/mol. The predicted molar refractivity (Wildman–Crippen MR) is 144 cm³/mol. The van der Waals surface area contributed by atoms with Crippen LogP contribution < -0.4 is 28.4 Å². The Kier molecular flexibility index (Phi) is 6.79. The van der Waals surface area contributed by atoms with Crippen molar-refractivity contribution in [2.75, 3.05) is 36.5 Å². The molecule has 0 saturated heterocycles. The normalized spacial score (nSPS) is 17.0. The van der Waals surface area contributed by atoms with Crippen molar-refractivity contribution >= 4 is 65.3 Å². The van der Waals surface area contributed by atoms with Gasteiger partial charge in [0, 0.05) is 36.1 Å². The maximum atomic E-state index is 11.4. The van der Waals surface area contributed by atoms with Gasteiger partial charge in [0.2, 0.25) is 19.1 Å². The molecule has 2 aromatic carbocycles. The zero-order valence-corrected chi connectivity index (χ0v) is 23.5. The smallest absolute Gasteiger partial charge is 0.265 e. The molecule has 0 atom stereocenters. The van der Waals surface area contributed by atoms with E-state index in [0.29, 0.717) is 36.1 Å². The molecule has 0 radical (unpaired) electrons. The number of hydrogen-bond acceptors (Lipinski definition) is 11. The van der Waals surface area contributed by atoms with Gasteiger partial charge in [-0.05, 0) is 6.42 Å². The lowest BCUT2D eigenvalue weighted by Gasteiger charge is -2.20. The van der Waals surface area contributed by atoms with Gasteiger partial charge in [-0.3, -0.25) is 9.11 Å². The van der Waals surface area contributed by atoms with E-state index in [-0.39, 0.29) is 37.9 Å². The molecule has 0 unspecified atom stereocenters. The number of nitrogens with zero attached hydrogens (tertiary/aromatic N) is 2. The van der Waals surface area contributed by atoms with Gasteiger partial charge in [0.1, 0.15) is 4.70 Å². The van der Waals surface area contributed by atoms with E-state index in [1.54, 1.807) is 0 Å². The van der Waals surface area contributed by atoms with Crippen molar-refractivity contribution in [2.24, 2.45) is 0 Å². The third-order valence-electron chi connectivity index (χ3n) is 6.27. The molecular weight excluding hydrogens is 593 g/mol. The molecule has 3 aliphatic rings. The van der Waals surface area contributed by atoms with Crippen LogP contribution in [0.25, 0.3) is 16.3 Å². The van der Waals surface area contributed by atoms with Crippen LogP contribution in [0.2, 0.25) is 0 Å². The number of aryl methyl sites for hydroxylation is 1. The second-order valence-electron chi connectivity index (χ2n) is 8.95. The van der Waals surface area contributed by atoms with Gasteiger partial charge in [-0.25, -0.2) is 0 Å². The molecule has 0 saturated carbocycles. The molecule has 12 nitrogen and oxygen atoms in total. The summed E-state index contributed by atoms with van der Waals surface area (Å²) >= 11 is 2.96. The molecule has 3 aromatic rings. The molecule has 16 heteroatoms. The number of anilines is 1. The maximum Gasteiger partial charge on any atom is 0.265 e. The third kappa shape index (κ3) is 5.62. The summed E-state index contributed by atoms with van der Waals surface area (Å²) in [6.45, 7) is 0.873. The van der Waals surface area contributed by atoms with Gasteiger partial charge in [0.25, 0.3) is 25.2 Å². The summed E-state index contributed by atoms with van der Waals surface area (Å²) in [5, 5.41) is 1.61. The van der Waals surface area contributed by atoms with Crippen molar-refractivity contribution < 1.29 is 49.5 Å². The van der Waals surface area contributed by atoms with Crippen molar-refractivity contribution in [2.45, 2.75) is 24.3 Å². The monoisotopic (exact) mass is 615 g/mol. The molecule has 0 spiro atoms.